The molecule has 1 aliphatic heterocycles. The van der Waals surface area contributed by atoms with E-state index in [1.54, 1.807) is 0 Å². The highest BCUT2D eigenvalue weighted by molar-refractivity contribution is 8.01. The molecule has 1 amide bonds. The third-order valence-corrected chi connectivity index (χ3v) is 5.87. The summed E-state index contributed by atoms with van der Waals surface area (Å²) in [7, 11) is 0. The minimum absolute atomic E-state index is 0.0923. The molecule has 3 aromatic rings. The summed E-state index contributed by atoms with van der Waals surface area (Å²) in [6.07, 6.45) is -0.0923. The first-order valence-corrected chi connectivity index (χ1v) is 9.73. The number of fused-ring (bicyclic) bond motifs is 2. The first kappa shape index (κ1) is 18.3. The van der Waals surface area contributed by atoms with E-state index >= 15 is 0 Å². The summed E-state index contributed by atoms with van der Waals surface area (Å²) < 4.78 is 5.17. The maximum atomic E-state index is 12.6. The number of Topliss-reactive ketones (excluding diaryl/α,β-unsaturated/α-hetero) is 1. The van der Waals surface area contributed by atoms with Crippen LogP contribution in [-0.4, -0.2) is 34.5 Å². The Kier molecular flexibility index (Phi) is 4.92. The number of para-hydroxylation sites is 2. The van der Waals surface area contributed by atoms with Crippen molar-refractivity contribution in [3.63, 3.8) is 0 Å². The van der Waals surface area contributed by atoms with Gasteiger partial charge in [0, 0.05) is 27.1 Å². The van der Waals surface area contributed by atoms with E-state index in [0.29, 0.717) is 5.56 Å². The van der Waals surface area contributed by atoms with Gasteiger partial charge in [-0.05, 0) is 25.1 Å². The summed E-state index contributed by atoms with van der Waals surface area (Å²) in [6.45, 7) is 1.46. The number of hydrogen-bond acceptors (Lipinski definition) is 5. The molecule has 28 heavy (non-hydrogen) atoms. The molecule has 0 unspecified atom stereocenters. The molecule has 4 rings (SSSR count). The number of aromatic nitrogens is 1. The van der Waals surface area contributed by atoms with Crippen LogP contribution in [0.3, 0.4) is 0 Å². The number of anilines is 1. The van der Waals surface area contributed by atoms with Gasteiger partial charge in [-0.15, -0.1) is 11.8 Å². The van der Waals surface area contributed by atoms with Crippen molar-refractivity contribution in [2.75, 3.05) is 11.9 Å². The van der Waals surface area contributed by atoms with Crippen molar-refractivity contribution in [3.8, 4) is 0 Å². The van der Waals surface area contributed by atoms with Crippen LogP contribution < -0.4 is 5.32 Å². The van der Waals surface area contributed by atoms with E-state index in [-0.39, 0.29) is 24.7 Å². The van der Waals surface area contributed by atoms with Crippen LogP contribution in [0.25, 0.3) is 10.9 Å². The van der Waals surface area contributed by atoms with Crippen molar-refractivity contribution in [1.29, 1.82) is 0 Å². The number of benzene rings is 2. The molecule has 1 aliphatic rings. The van der Waals surface area contributed by atoms with E-state index in [4.69, 9.17) is 4.74 Å². The third kappa shape index (κ3) is 3.53. The minimum Gasteiger partial charge on any atom is -0.457 e. The van der Waals surface area contributed by atoms with Crippen LogP contribution in [-0.2, 0) is 14.3 Å². The van der Waals surface area contributed by atoms with E-state index in [9.17, 15) is 14.4 Å². The zero-order valence-electron chi connectivity index (χ0n) is 15.2. The molecule has 2 heterocycles. The first-order valence-electron chi connectivity index (χ1n) is 8.85. The van der Waals surface area contributed by atoms with Crippen LogP contribution in [0.2, 0.25) is 0 Å². The number of aromatic amines is 1. The van der Waals surface area contributed by atoms with Gasteiger partial charge in [0.2, 0.25) is 11.7 Å². The average molecular weight is 394 g/mol. The number of thioether (sulfide) groups is 1. The Labute approximate surface area is 165 Å². The fourth-order valence-electron chi connectivity index (χ4n) is 3.29. The van der Waals surface area contributed by atoms with E-state index in [1.165, 1.54) is 11.8 Å². The second-order valence-corrected chi connectivity index (χ2v) is 7.80. The molecule has 2 N–H and O–H groups in total. The molecule has 0 radical (unpaired) electrons. The molecule has 0 aliphatic carbocycles. The summed E-state index contributed by atoms with van der Waals surface area (Å²) >= 11 is 1.33. The zero-order chi connectivity index (χ0) is 19.7. The smallest absolute Gasteiger partial charge is 0.307 e. The molecule has 1 aromatic heterocycles. The van der Waals surface area contributed by atoms with Crippen LogP contribution in [0.4, 0.5) is 5.69 Å². The molecule has 6 nitrogen and oxygen atoms in total. The van der Waals surface area contributed by atoms with Crippen molar-refractivity contribution in [3.05, 3.63) is 59.8 Å². The maximum absolute atomic E-state index is 12.6. The Hall–Kier alpha value is -3.06. The minimum atomic E-state index is -0.577. The fraction of sp³-hybridized carbons (Fsp3) is 0.190. The number of carbonyl (C=O) groups is 3. The number of nitrogens with one attached hydrogen (secondary N) is 2. The Morgan fingerprint density at radius 1 is 1.11 bits per heavy atom. The van der Waals surface area contributed by atoms with E-state index < -0.39 is 11.2 Å². The van der Waals surface area contributed by atoms with Gasteiger partial charge in [0.05, 0.1) is 17.4 Å². The van der Waals surface area contributed by atoms with E-state index in [1.807, 2.05) is 55.5 Å². The summed E-state index contributed by atoms with van der Waals surface area (Å²) in [5, 5.41) is 3.02. The predicted molar refractivity (Wildman–Crippen MR) is 108 cm³/mol. The van der Waals surface area contributed by atoms with Crippen LogP contribution in [0.5, 0.6) is 0 Å². The molecular formula is C21H18N2O4S. The average Bonchev–Trinajstić information content (AvgIpc) is 3.02. The topological polar surface area (TPSA) is 88.3 Å². The van der Waals surface area contributed by atoms with Gasteiger partial charge in [-0.3, -0.25) is 14.4 Å². The lowest BCUT2D eigenvalue weighted by molar-refractivity contribution is -0.143. The van der Waals surface area contributed by atoms with Gasteiger partial charge < -0.3 is 15.0 Å². The van der Waals surface area contributed by atoms with Crippen LogP contribution in [0, 0.1) is 6.92 Å². The number of carbonyl (C=O) groups excluding carboxylic acids is 3. The van der Waals surface area contributed by atoms with Gasteiger partial charge in [0.1, 0.15) is 0 Å². The largest absolute Gasteiger partial charge is 0.457 e. The summed E-state index contributed by atoms with van der Waals surface area (Å²) in [5.74, 6) is -1.08. The van der Waals surface area contributed by atoms with Gasteiger partial charge in [-0.1, -0.05) is 30.3 Å². The van der Waals surface area contributed by atoms with E-state index in [2.05, 4.69) is 10.3 Å². The molecule has 0 saturated carbocycles. The molecule has 0 spiro atoms. The van der Waals surface area contributed by atoms with Crippen LogP contribution in [0.1, 0.15) is 22.5 Å². The Morgan fingerprint density at radius 3 is 2.71 bits per heavy atom. The van der Waals surface area contributed by atoms with Gasteiger partial charge in [0.25, 0.3) is 0 Å². The normalized spacial score (nSPS) is 15.8. The number of H-pyrrole nitrogens is 1. The SMILES string of the molecule is Cc1[nH]c2ccccc2c1C(=O)COC(=O)C[C@H]1Sc2ccccc2NC1=O. The van der Waals surface area contributed by atoms with Crippen LogP contribution >= 0.6 is 11.8 Å². The third-order valence-electron chi connectivity index (χ3n) is 4.60. The van der Waals surface area contributed by atoms with Gasteiger partial charge in [-0.25, -0.2) is 0 Å². The second-order valence-electron chi connectivity index (χ2n) is 6.55. The second kappa shape index (κ2) is 7.52. The number of ether oxygens (including phenoxy) is 1. The van der Waals surface area contributed by atoms with Crippen molar-refractivity contribution < 1.29 is 19.1 Å². The summed E-state index contributed by atoms with van der Waals surface area (Å²) in [6, 6.07) is 14.9. The molecule has 7 heteroatoms. The fourth-order valence-corrected chi connectivity index (χ4v) is 4.39. The number of aryl methyl sites for hydroxylation is 1. The van der Waals surface area contributed by atoms with E-state index in [0.717, 1.165) is 27.2 Å². The van der Waals surface area contributed by atoms with Gasteiger partial charge in [0.15, 0.2) is 6.61 Å². The molecule has 0 fully saturated rings. The lowest BCUT2D eigenvalue weighted by Gasteiger charge is -2.23. The quantitative estimate of drug-likeness (QED) is 0.509. The maximum Gasteiger partial charge on any atom is 0.307 e. The molecule has 0 saturated heterocycles. The number of esters is 1. The Bertz CT molecular complexity index is 1090. The zero-order valence-corrected chi connectivity index (χ0v) is 16.0. The molecule has 2 aromatic carbocycles. The highest BCUT2D eigenvalue weighted by Gasteiger charge is 2.29. The predicted octanol–water partition coefficient (Wildman–Crippen LogP) is 3.71. The van der Waals surface area contributed by atoms with Gasteiger partial charge >= 0.3 is 5.97 Å². The number of hydrogen-bond donors (Lipinski definition) is 2. The molecule has 142 valence electrons. The number of ketones is 1. The number of rotatable bonds is 5. The molecule has 0 bridgehead atoms. The van der Waals surface area contributed by atoms with Crippen molar-refractivity contribution in [1.82, 2.24) is 4.98 Å². The Balaban J connectivity index is 1.39. The van der Waals surface area contributed by atoms with Gasteiger partial charge in [-0.2, -0.15) is 0 Å². The first-order chi connectivity index (χ1) is 13.5. The monoisotopic (exact) mass is 394 g/mol. The Morgan fingerprint density at radius 2 is 1.86 bits per heavy atom. The number of amides is 1. The van der Waals surface area contributed by atoms with Crippen molar-refractivity contribution in [2.45, 2.75) is 23.5 Å². The van der Waals surface area contributed by atoms with Crippen molar-refractivity contribution in [2.24, 2.45) is 0 Å². The molecular weight excluding hydrogens is 376 g/mol. The highest BCUT2D eigenvalue weighted by atomic mass is 32.2. The lowest BCUT2D eigenvalue weighted by Crippen LogP contribution is -2.31. The summed E-state index contributed by atoms with van der Waals surface area (Å²) in [5.41, 5.74) is 2.87. The molecule has 1 atom stereocenters. The highest BCUT2D eigenvalue weighted by Crippen LogP contribution is 2.36. The summed E-state index contributed by atoms with van der Waals surface area (Å²) in [4.78, 5) is 41.1. The lowest BCUT2D eigenvalue weighted by atomic mass is 10.1. The van der Waals surface area contributed by atoms with Crippen LogP contribution in [0.15, 0.2) is 53.4 Å². The standard InChI is InChI=1S/C21H18N2O4S/c1-12-20(13-6-2-3-7-14(13)22-12)16(24)11-27-19(25)10-18-21(26)23-15-8-4-5-9-17(15)28-18/h2-9,18,22H,10-11H2,1H3,(H,23,26)/t18-/m1/s1. The van der Waals surface area contributed by atoms with Crippen molar-refractivity contribution >= 4 is 46.0 Å².